The van der Waals surface area contributed by atoms with E-state index in [2.05, 4.69) is 0 Å². The van der Waals surface area contributed by atoms with Gasteiger partial charge in [0.05, 0.1) is 24.3 Å². The predicted molar refractivity (Wildman–Crippen MR) is 139 cm³/mol. The highest BCUT2D eigenvalue weighted by Crippen LogP contribution is 2.45. The van der Waals surface area contributed by atoms with Crippen LogP contribution in [0.25, 0.3) is 32.8 Å². The average molecular weight is 488 g/mol. The molecule has 0 N–H and O–H groups in total. The van der Waals surface area contributed by atoms with Crippen LogP contribution in [0.5, 0.6) is 5.75 Å². The van der Waals surface area contributed by atoms with Crippen LogP contribution >= 0.6 is 0 Å². The second kappa shape index (κ2) is 9.17. The SMILES string of the molecule is CCOC(=O)[C@@H](OC(C)(C)C)c1c(C)cc2ccc(F)cc2c1-c1ccc2c3c(ccnc13)CCO2. The molecule has 1 atom stereocenters. The van der Waals surface area contributed by atoms with Crippen molar-refractivity contribution in [3.63, 3.8) is 0 Å². The first-order chi connectivity index (χ1) is 17.2. The van der Waals surface area contributed by atoms with Crippen molar-refractivity contribution >= 4 is 27.6 Å². The molecule has 2 heterocycles. The quantitative estimate of drug-likeness (QED) is 0.288. The largest absolute Gasteiger partial charge is 0.493 e. The molecule has 186 valence electrons. The third kappa shape index (κ3) is 4.30. The van der Waals surface area contributed by atoms with Crippen molar-refractivity contribution < 1.29 is 23.4 Å². The molecule has 5 rings (SSSR count). The molecule has 6 heteroatoms. The first-order valence-electron chi connectivity index (χ1n) is 12.3. The lowest BCUT2D eigenvalue weighted by atomic mass is 9.85. The van der Waals surface area contributed by atoms with Gasteiger partial charge in [-0.05, 0) is 92.4 Å². The summed E-state index contributed by atoms with van der Waals surface area (Å²) in [6, 6.07) is 12.6. The fraction of sp³-hybridized carbons (Fsp3) is 0.333. The lowest BCUT2D eigenvalue weighted by Gasteiger charge is -2.30. The third-order valence-electron chi connectivity index (χ3n) is 6.42. The van der Waals surface area contributed by atoms with Gasteiger partial charge >= 0.3 is 5.97 Å². The minimum Gasteiger partial charge on any atom is -0.493 e. The van der Waals surface area contributed by atoms with E-state index in [9.17, 15) is 9.18 Å². The van der Waals surface area contributed by atoms with Crippen molar-refractivity contribution in [3.05, 3.63) is 71.2 Å². The van der Waals surface area contributed by atoms with Gasteiger partial charge < -0.3 is 14.2 Å². The fourth-order valence-corrected chi connectivity index (χ4v) is 5.05. The molecule has 0 bridgehead atoms. The monoisotopic (exact) mass is 487 g/mol. The van der Waals surface area contributed by atoms with E-state index in [1.165, 1.54) is 12.1 Å². The zero-order chi connectivity index (χ0) is 25.6. The number of esters is 1. The van der Waals surface area contributed by atoms with E-state index in [1.807, 2.05) is 52.0 Å². The normalized spacial score (nSPS) is 14.1. The maximum absolute atomic E-state index is 14.7. The maximum Gasteiger partial charge on any atom is 0.339 e. The van der Waals surface area contributed by atoms with Crippen LogP contribution in [0, 0.1) is 12.7 Å². The van der Waals surface area contributed by atoms with Crippen molar-refractivity contribution in [2.24, 2.45) is 0 Å². The molecule has 1 aromatic heterocycles. The second-order valence-corrected chi connectivity index (χ2v) is 10.1. The number of fused-ring (bicyclic) bond motifs is 1. The molecule has 0 saturated carbocycles. The van der Waals surface area contributed by atoms with Gasteiger partial charge in [-0.15, -0.1) is 0 Å². The number of aromatic nitrogens is 1. The molecule has 0 radical (unpaired) electrons. The number of rotatable bonds is 5. The van der Waals surface area contributed by atoms with Crippen molar-refractivity contribution in [2.75, 3.05) is 13.2 Å². The Balaban J connectivity index is 1.90. The van der Waals surface area contributed by atoms with E-state index >= 15 is 0 Å². The minimum absolute atomic E-state index is 0.222. The highest BCUT2D eigenvalue weighted by molar-refractivity contribution is 6.08. The van der Waals surface area contributed by atoms with Gasteiger partial charge in [0.2, 0.25) is 0 Å². The smallest absolute Gasteiger partial charge is 0.339 e. The molecule has 1 aliphatic rings. The summed E-state index contributed by atoms with van der Waals surface area (Å²) in [7, 11) is 0. The highest BCUT2D eigenvalue weighted by Gasteiger charge is 2.33. The highest BCUT2D eigenvalue weighted by atomic mass is 19.1. The summed E-state index contributed by atoms with van der Waals surface area (Å²) >= 11 is 0. The van der Waals surface area contributed by atoms with Crippen LogP contribution in [0.3, 0.4) is 0 Å². The number of hydrogen-bond donors (Lipinski definition) is 0. The molecular weight excluding hydrogens is 457 g/mol. The van der Waals surface area contributed by atoms with Gasteiger partial charge in [-0.3, -0.25) is 4.98 Å². The fourth-order valence-electron chi connectivity index (χ4n) is 5.05. The Morgan fingerprint density at radius 2 is 1.97 bits per heavy atom. The number of benzene rings is 3. The minimum atomic E-state index is -1.00. The first-order valence-corrected chi connectivity index (χ1v) is 12.3. The molecule has 1 aliphatic heterocycles. The number of pyridine rings is 1. The van der Waals surface area contributed by atoms with Crippen molar-refractivity contribution in [1.29, 1.82) is 0 Å². The Hall–Kier alpha value is -3.51. The van der Waals surface area contributed by atoms with Crippen molar-refractivity contribution in [1.82, 2.24) is 4.98 Å². The number of nitrogens with zero attached hydrogens (tertiary/aromatic N) is 1. The number of carbonyl (C=O) groups excluding carboxylic acids is 1. The van der Waals surface area contributed by atoms with Crippen LogP contribution in [-0.4, -0.2) is 29.8 Å². The number of carbonyl (C=O) groups is 1. The molecule has 5 nitrogen and oxygen atoms in total. The molecule has 4 aromatic rings. The molecule has 0 aliphatic carbocycles. The van der Waals surface area contributed by atoms with E-state index in [0.29, 0.717) is 23.1 Å². The summed E-state index contributed by atoms with van der Waals surface area (Å²) < 4.78 is 32.4. The summed E-state index contributed by atoms with van der Waals surface area (Å²) in [4.78, 5) is 18.1. The van der Waals surface area contributed by atoms with Gasteiger partial charge in [-0.1, -0.05) is 12.1 Å². The van der Waals surface area contributed by atoms with E-state index in [4.69, 9.17) is 19.2 Å². The van der Waals surface area contributed by atoms with Crippen LogP contribution in [0.15, 0.2) is 48.7 Å². The van der Waals surface area contributed by atoms with Gasteiger partial charge in [0, 0.05) is 29.1 Å². The summed E-state index contributed by atoms with van der Waals surface area (Å²) in [5.74, 6) is -0.0609. The van der Waals surface area contributed by atoms with Gasteiger partial charge in [0.1, 0.15) is 11.6 Å². The summed E-state index contributed by atoms with van der Waals surface area (Å²) in [6.07, 6.45) is 1.57. The number of hydrogen-bond acceptors (Lipinski definition) is 5. The van der Waals surface area contributed by atoms with Crippen molar-refractivity contribution in [3.8, 4) is 16.9 Å². The Bertz CT molecular complexity index is 1480. The Labute approximate surface area is 210 Å². The Kier molecular flexibility index (Phi) is 6.17. The van der Waals surface area contributed by atoms with Gasteiger partial charge in [0.25, 0.3) is 0 Å². The average Bonchev–Trinajstić information content (AvgIpc) is 2.83. The van der Waals surface area contributed by atoms with Crippen LogP contribution in [0.2, 0.25) is 0 Å². The number of ether oxygens (including phenoxy) is 3. The van der Waals surface area contributed by atoms with E-state index < -0.39 is 17.7 Å². The lowest BCUT2D eigenvalue weighted by molar-refractivity contribution is -0.166. The molecule has 0 saturated heterocycles. The summed E-state index contributed by atoms with van der Waals surface area (Å²) in [6.45, 7) is 10.2. The maximum atomic E-state index is 14.7. The van der Waals surface area contributed by atoms with E-state index in [1.54, 1.807) is 19.2 Å². The van der Waals surface area contributed by atoms with Crippen LogP contribution in [0.4, 0.5) is 4.39 Å². The van der Waals surface area contributed by atoms with E-state index in [0.717, 1.165) is 45.1 Å². The number of halogens is 1. The molecule has 0 amide bonds. The molecule has 36 heavy (non-hydrogen) atoms. The zero-order valence-electron chi connectivity index (χ0n) is 21.3. The Morgan fingerprint density at radius 1 is 1.17 bits per heavy atom. The molecule has 0 fully saturated rings. The van der Waals surface area contributed by atoms with Gasteiger partial charge in [-0.25, -0.2) is 9.18 Å². The number of aryl methyl sites for hydroxylation is 1. The molecular formula is C30H30FNO4. The Morgan fingerprint density at radius 3 is 2.72 bits per heavy atom. The molecule has 0 spiro atoms. The van der Waals surface area contributed by atoms with E-state index in [-0.39, 0.29) is 12.4 Å². The van der Waals surface area contributed by atoms with Crippen molar-refractivity contribution in [2.45, 2.75) is 52.7 Å². The predicted octanol–water partition coefficient (Wildman–Crippen LogP) is 6.86. The molecule has 0 unspecified atom stereocenters. The first kappa shape index (κ1) is 24.2. The second-order valence-electron chi connectivity index (χ2n) is 10.1. The topological polar surface area (TPSA) is 57.7 Å². The summed E-state index contributed by atoms with van der Waals surface area (Å²) in [5, 5.41) is 2.49. The van der Waals surface area contributed by atoms with Crippen LogP contribution < -0.4 is 4.74 Å². The molecule has 3 aromatic carbocycles. The van der Waals surface area contributed by atoms with Gasteiger partial charge in [0.15, 0.2) is 6.10 Å². The third-order valence-corrected chi connectivity index (χ3v) is 6.42. The summed E-state index contributed by atoms with van der Waals surface area (Å²) in [5.41, 5.74) is 4.28. The van der Waals surface area contributed by atoms with Crippen LogP contribution in [0.1, 0.15) is 50.5 Å². The lowest BCUT2D eigenvalue weighted by Crippen LogP contribution is -2.29. The standard InChI is InChI=1S/C30H30FNO4/c1-6-34-29(33)28(36-30(3,4)5)24-17(2)15-19-7-8-20(31)16-22(19)26(24)21-9-10-23-25-18(12-14-35-23)11-13-32-27(21)25/h7-11,13,15-16,28H,6,12,14H2,1-5H3/t28-/m0/s1. The van der Waals surface area contributed by atoms with Gasteiger partial charge in [-0.2, -0.15) is 0 Å². The zero-order valence-corrected chi connectivity index (χ0v) is 21.3. The van der Waals surface area contributed by atoms with Crippen LogP contribution in [-0.2, 0) is 20.7 Å².